The topological polar surface area (TPSA) is 119 Å². The third-order valence-electron chi connectivity index (χ3n) is 5.03. The lowest BCUT2D eigenvalue weighted by atomic mass is 9.98. The quantitative estimate of drug-likeness (QED) is 0.651. The monoisotopic (exact) mass is 465 g/mol. The average Bonchev–Trinajstić information content (AvgIpc) is 2.75. The maximum absolute atomic E-state index is 13.1. The van der Waals surface area contributed by atoms with Gasteiger partial charge in [-0.15, -0.1) is 0 Å². The molecule has 2 amide bonds. The number of nitrogens with two attached hydrogens (primary N) is 1. The van der Waals surface area contributed by atoms with Crippen LogP contribution in [-0.2, 0) is 14.8 Å². The zero-order valence-electron chi connectivity index (χ0n) is 17.0. The molecule has 31 heavy (non-hydrogen) atoms. The second kappa shape index (κ2) is 9.67. The fourth-order valence-corrected chi connectivity index (χ4v) is 5.25. The third-order valence-corrected chi connectivity index (χ3v) is 7.19. The first kappa shape index (κ1) is 23.1. The number of hydrogen-bond donors (Lipinski definition) is 2. The SMILES string of the molecule is CCOc1ccc(S(=O)(=O)N2CCC[C@@H](C(=O)Nc3ccc(C(N)=O)cc3)C2)cc1Cl. The summed E-state index contributed by atoms with van der Waals surface area (Å²) < 4.78 is 32.8. The van der Waals surface area contributed by atoms with Gasteiger partial charge in [0.25, 0.3) is 0 Å². The molecule has 2 aromatic carbocycles. The van der Waals surface area contributed by atoms with Crippen LogP contribution >= 0.6 is 11.6 Å². The summed E-state index contributed by atoms with van der Waals surface area (Å²) in [6.07, 6.45) is 1.13. The summed E-state index contributed by atoms with van der Waals surface area (Å²) in [5.41, 5.74) is 6.06. The van der Waals surface area contributed by atoms with E-state index in [9.17, 15) is 18.0 Å². The first-order valence-corrected chi connectivity index (χ1v) is 11.7. The average molecular weight is 466 g/mol. The van der Waals surface area contributed by atoms with Crippen molar-refractivity contribution in [3.8, 4) is 5.75 Å². The summed E-state index contributed by atoms with van der Waals surface area (Å²) in [7, 11) is -3.81. The van der Waals surface area contributed by atoms with E-state index in [1.54, 1.807) is 12.1 Å². The fourth-order valence-electron chi connectivity index (χ4n) is 3.40. The van der Waals surface area contributed by atoms with E-state index in [2.05, 4.69) is 5.32 Å². The molecule has 10 heteroatoms. The highest BCUT2D eigenvalue weighted by Crippen LogP contribution is 2.30. The molecule has 0 aromatic heterocycles. The van der Waals surface area contributed by atoms with Gasteiger partial charge >= 0.3 is 0 Å². The van der Waals surface area contributed by atoms with Gasteiger partial charge in [0, 0.05) is 24.3 Å². The van der Waals surface area contributed by atoms with Crippen molar-refractivity contribution < 1.29 is 22.7 Å². The fraction of sp³-hybridized carbons (Fsp3) is 0.333. The molecule has 1 fully saturated rings. The van der Waals surface area contributed by atoms with Crippen molar-refractivity contribution in [1.82, 2.24) is 4.31 Å². The molecule has 8 nitrogen and oxygen atoms in total. The number of halogens is 1. The Labute approximate surface area is 186 Å². The van der Waals surface area contributed by atoms with Gasteiger partial charge in [-0.3, -0.25) is 9.59 Å². The molecule has 0 radical (unpaired) electrons. The maximum atomic E-state index is 13.1. The predicted molar refractivity (Wildman–Crippen MR) is 118 cm³/mol. The van der Waals surface area contributed by atoms with Gasteiger partial charge in [0.2, 0.25) is 21.8 Å². The number of benzene rings is 2. The lowest BCUT2D eigenvalue weighted by Gasteiger charge is -2.31. The molecule has 0 aliphatic carbocycles. The highest BCUT2D eigenvalue weighted by molar-refractivity contribution is 7.89. The van der Waals surface area contributed by atoms with Crippen LogP contribution in [0.5, 0.6) is 5.75 Å². The molecule has 1 heterocycles. The van der Waals surface area contributed by atoms with Crippen LogP contribution in [0.2, 0.25) is 5.02 Å². The van der Waals surface area contributed by atoms with E-state index in [0.29, 0.717) is 43.0 Å². The Kier molecular flexibility index (Phi) is 7.19. The number of amides is 2. The predicted octanol–water partition coefficient (Wildman–Crippen LogP) is 2.88. The Hall–Kier alpha value is -2.62. The molecule has 0 saturated carbocycles. The highest BCUT2D eigenvalue weighted by Gasteiger charge is 2.33. The number of carbonyl (C=O) groups excluding carboxylic acids is 2. The number of ether oxygens (including phenoxy) is 1. The summed E-state index contributed by atoms with van der Waals surface area (Å²) in [6.45, 7) is 2.62. The van der Waals surface area contributed by atoms with E-state index in [0.717, 1.165) is 0 Å². The summed E-state index contributed by atoms with van der Waals surface area (Å²) >= 11 is 6.15. The van der Waals surface area contributed by atoms with E-state index in [1.165, 1.54) is 34.6 Å². The van der Waals surface area contributed by atoms with E-state index in [1.807, 2.05) is 6.92 Å². The van der Waals surface area contributed by atoms with Gasteiger partial charge in [-0.05, 0) is 62.2 Å². The van der Waals surface area contributed by atoms with Crippen molar-refractivity contribution in [3.05, 3.63) is 53.1 Å². The Bertz CT molecular complexity index is 1070. The largest absolute Gasteiger partial charge is 0.492 e. The van der Waals surface area contributed by atoms with Gasteiger partial charge in [-0.1, -0.05) is 11.6 Å². The first-order valence-electron chi connectivity index (χ1n) is 9.85. The molecule has 3 rings (SSSR count). The van der Waals surface area contributed by atoms with Crippen molar-refractivity contribution >= 4 is 39.1 Å². The number of rotatable bonds is 7. The van der Waals surface area contributed by atoms with Crippen LogP contribution in [0, 0.1) is 5.92 Å². The lowest BCUT2D eigenvalue weighted by Crippen LogP contribution is -2.43. The number of nitrogens with one attached hydrogen (secondary N) is 1. The van der Waals surface area contributed by atoms with Gasteiger partial charge in [0.05, 0.1) is 22.4 Å². The van der Waals surface area contributed by atoms with Crippen molar-refractivity contribution in [2.45, 2.75) is 24.7 Å². The Balaban J connectivity index is 1.71. The summed E-state index contributed by atoms with van der Waals surface area (Å²) in [5, 5.41) is 2.99. The first-order chi connectivity index (χ1) is 14.7. The van der Waals surface area contributed by atoms with Crippen LogP contribution in [0.25, 0.3) is 0 Å². The number of sulfonamides is 1. The summed E-state index contributed by atoms with van der Waals surface area (Å²) in [4.78, 5) is 23.9. The molecule has 0 bridgehead atoms. The van der Waals surface area contributed by atoms with Crippen LogP contribution in [0.15, 0.2) is 47.4 Å². The summed E-state index contributed by atoms with van der Waals surface area (Å²) in [5.74, 6) is -0.921. The van der Waals surface area contributed by atoms with E-state index < -0.39 is 21.8 Å². The van der Waals surface area contributed by atoms with Crippen molar-refractivity contribution in [3.63, 3.8) is 0 Å². The number of primary amides is 1. The number of nitrogens with zero attached hydrogens (tertiary/aromatic N) is 1. The minimum Gasteiger partial charge on any atom is -0.492 e. The number of anilines is 1. The molecule has 0 spiro atoms. The zero-order chi connectivity index (χ0) is 22.6. The van der Waals surface area contributed by atoms with Crippen LogP contribution < -0.4 is 15.8 Å². The van der Waals surface area contributed by atoms with Crippen LogP contribution in [0.3, 0.4) is 0 Å². The Morgan fingerprint density at radius 1 is 1.23 bits per heavy atom. The van der Waals surface area contributed by atoms with E-state index in [4.69, 9.17) is 22.1 Å². The number of hydrogen-bond acceptors (Lipinski definition) is 5. The zero-order valence-corrected chi connectivity index (χ0v) is 18.6. The van der Waals surface area contributed by atoms with Gasteiger partial charge in [0.1, 0.15) is 5.75 Å². The molecule has 3 N–H and O–H groups in total. The number of carbonyl (C=O) groups is 2. The van der Waals surface area contributed by atoms with Gasteiger partial charge in [0.15, 0.2) is 0 Å². The van der Waals surface area contributed by atoms with Crippen molar-refractivity contribution in [2.75, 3.05) is 25.0 Å². The van der Waals surface area contributed by atoms with Crippen LogP contribution in [0.4, 0.5) is 5.69 Å². The van der Waals surface area contributed by atoms with Crippen LogP contribution in [0.1, 0.15) is 30.1 Å². The standard InChI is InChI=1S/C21H24ClN3O5S/c1-2-30-19-10-9-17(12-18(19)22)31(28,29)25-11-3-4-15(13-25)21(27)24-16-7-5-14(6-8-16)20(23)26/h5-10,12,15H,2-4,11,13H2,1H3,(H2,23,26)(H,24,27)/t15-/m1/s1. The molecule has 166 valence electrons. The lowest BCUT2D eigenvalue weighted by molar-refractivity contribution is -0.120. The van der Waals surface area contributed by atoms with Gasteiger partial charge < -0.3 is 15.8 Å². The van der Waals surface area contributed by atoms with E-state index in [-0.39, 0.29) is 22.4 Å². The molecular weight excluding hydrogens is 442 g/mol. The molecular formula is C21H24ClN3O5S. The maximum Gasteiger partial charge on any atom is 0.248 e. The minimum atomic E-state index is -3.81. The minimum absolute atomic E-state index is 0.0593. The van der Waals surface area contributed by atoms with Gasteiger partial charge in [-0.2, -0.15) is 4.31 Å². The molecule has 1 atom stereocenters. The molecule has 2 aromatic rings. The Morgan fingerprint density at radius 2 is 1.94 bits per heavy atom. The van der Waals surface area contributed by atoms with Crippen LogP contribution in [-0.4, -0.2) is 44.2 Å². The molecule has 1 aliphatic heterocycles. The number of piperidine rings is 1. The van der Waals surface area contributed by atoms with Crippen molar-refractivity contribution in [2.24, 2.45) is 11.7 Å². The Morgan fingerprint density at radius 3 is 2.55 bits per heavy atom. The molecule has 0 unspecified atom stereocenters. The smallest absolute Gasteiger partial charge is 0.248 e. The normalized spacial score (nSPS) is 17.2. The molecule has 1 aliphatic rings. The molecule has 1 saturated heterocycles. The third kappa shape index (κ3) is 5.36. The highest BCUT2D eigenvalue weighted by atomic mass is 35.5. The van der Waals surface area contributed by atoms with E-state index >= 15 is 0 Å². The summed E-state index contributed by atoms with van der Waals surface area (Å²) in [6, 6.07) is 10.6. The van der Waals surface area contributed by atoms with Gasteiger partial charge in [-0.25, -0.2) is 8.42 Å². The van der Waals surface area contributed by atoms with Crippen molar-refractivity contribution in [1.29, 1.82) is 0 Å². The second-order valence-corrected chi connectivity index (χ2v) is 9.50. The second-order valence-electron chi connectivity index (χ2n) is 7.16.